The number of hydrogen-bond acceptors (Lipinski definition) is 3. The summed E-state index contributed by atoms with van der Waals surface area (Å²) in [6.45, 7) is 2.79. The molecule has 1 fully saturated rings. The minimum Gasteiger partial charge on any atom is -0.481 e. The number of carbonyl (C=O) groups excluding carboxylic acids is 1. The molecule has 1 amide bonds. The summed E-state index contributed by atoms with van der Waals surface area (Å²) < 4.78 is 0. The fraction of sp³-hybridized carbons (Fsp3) is 0.429. The smallest absolute Gasteiger partial charge is 0.303 e. The van der Waals surface area contributed by atoms with E-state index >= 15 is 0 Å². The first-order valence-electron chi connectivity index (χ1n) is 6.38. The molecule has 2 N–H and O–H groups in total. The van der Waals surface area contributed by atoms with E-state index in [1.54, 1.807) is 0 Å². The highest BCUT2D eigenvalue weighted by Crippen LogP contribution is 2.22. The zero-order valence-electron chi connectivity index (χ0n) is 10.9. The van der Waals surface area contributed by atoms with Crippen molar-refractivity contribution in [3.63, 3.8) is 0 Å². The number of rotatable bonds is 4. The van der Waals surface area contributed by atoms with Gasteiger partial charge in [-0.05, 0) is 31.0 Å². The third-order valence-electron chi connectivity index (χ3n) is 3.31. The van der Waals surface area contributed by atoms with Gasteiger partial charge in [0, 0.05) is 24.7 Å². The molecule has 0 radical (unpaired) electrons. The van der Waals surface area contributed by atoms with E-state index in [0.29, 0.717) is 13.0 Å². The molecule has 1 unspecified atom stereocenters. The second kappa shape index (κ2) is 5.73. The highest BCUT2D eigenvalue weighted by molar-refractivity contribution is 5.83. The van der Waals surface area contributed by atoms with Crippen molar-refractivity contribution in [3.8, 4) is 0 Å². The van der Waals surface area contributed by atoms with Gasteiger partial charge in [-0.15, -0.1) is 0 Å². The fourth-order valence-electron chi connectivity index (χ4n) is 2.34. The van der Waals surface area contributed by atoms with Gasteiger partial charge in [-0.25, -0.2) is 0 Å². The van der Waals surface area contributed by atoms with Crippen LogP contribution in [0.25, 0.3) is 0 Å². The first-order valence-corrected chi connectivity index (χ1v) is 6.38. The predicted molar refractivity (Wildman–Crippen MR) is 72.2 cm³/mol. The molecule has 5 nitrogen and oxygen atoms in total. The van der Waals surface area contributed by atoms with Gasteiger partial charge >= 0.3 is 5.97 Å². The molecule has 1 aliphatic rings. The lowest BCUT2D eigenvalue weighted by Gasteiger charge is -2.37. The summed E-state index contributed by atoms with van der Waals surface area (Å²) in [4.78, 5) is 24.2. The summed E-state index contributed by atoms with van der Waals surface area (Å²) in [6.07, 6.45) is 0.645. The van der Waals surface area contributed by atoms with Crippen LogP contribution in [0.4, 0.5) is 5.69 Å². The molecule has 1 saturated heterocycles. The van der Waals surface area contributed by atoms with E-state index in [-0.39, 0.29) is 24.9 Å². The van der Waals surface area contributed by atoms with Gasteiger partial charge in [-0.1, -0.05) is 12.1 Å². The minimum atomic E-state index is -0.805. The van der Waals surface area contributed by atoms with Crippen molar-refractivity contribution in [1.82, 2.24) is 5.32 Å². The van der Waals surface area contributed by atoms with Crippen LogP contribution in [0.2, 0.25) is 0 Å². The van der Waals surface area contributed by atoms with Crippen molar-refractivity contribution >= 4 is 17.6 Å². The third kappa shape index (κ3) is 3.47. The summed E-state index contributed by atoms with van der Waals surface area (Å²) in [5.74, 6) is -0.825. The van der Waals surface area contributed by atoms with Crippen molar-refractivity contribution in [1.29, 1.82) is 0 Å². The third-order valence-corrected chi connectivity index (χ3v) is 3.31. The lowest BCUT2D eigenvalue weighted by atomic mass is 10.1. The van der Waals surface area contributed by atoms with Gasteiger partial charge < -0.3 is 15.3 Å². The summed E-state index contributed by atoms with van der Waals surface area (Å²) >= 11 is 0. The predicted octanol–water partition coefficient (Wildman–Crippen LogP) is 1.16. The number of aryl methyl sites for hydroxylation is 1. The molecule has 5 heteroatoms. The fourth-order valence-corrected chi connectivity index (χ4v) is 2.34. The number of anilines is 1. The van der Waals surface area contributed by atoms with Crippen molar-refractivity contribution in [2.45, 2.75) is 25.8 Å². The molecule has 102 valence electrons. The van der Waals surface area contributed by atoms with Crippen LogP contribution in [0.15, 0.2) is 24.3 Å². The molecule has 0 bridgehead atoms. The van der Waals surface area contributed by atoms with E-state index in [2.05, 4.69) is 5.32 Å². The molecule has 0 saturated carbocycles. The number of carboxylic acids is 1. The highest BCUT2D eigenvalue weighted by Gasteiger charge is 2.27. The van der Waals surface area contributed by atoms with Gasteiger partial charge in [0.15, 0.2) is 0 Å². The summed E-state index contributed by atoms with van der Waals surface area (Å²) in [5, 5.41) is 11.6. The Bertz CT molecular complexity index is 487. The molecule has 1 atom stereocenters. The number of nitrogens with one attached hydrogen (secondary N) is 1. The Balaban J connectivity index is 2.16. The Morgan fingerprint density at radius 1 is 1.53 bits per heavy atom. The van der Waals surface area contributed by atoms with Crippen molar-refractivity contribution in [3.05, 3.63) is 29.8 Å². The quantitative estimate of drug-likeness (QED) is 0.854. The second-order valence-electron chi connectivity index (χ2n) is 4.86. The Labute approximate surface area is 112 Å². The van der Waals surface area contributed by atoms with Crippen molar-refractivity contribution in [2.75, 3.05) is 18.0 Å². The van der Waals surface area contributed by atoms with Gasteiger partial charge in [-0.3, -0.25) is 9.59 Å². The Morgan fingerprint density at radius 3 is 3.00 bits per heavy atom. The number of carboxylic acid groups (broad SMARTS) is 1. The first-order chi connectivity index (χ1) is 9.06. The zero-order chi connectivity index (χ0) is 13.8. The average molecular weight is 262 g/mol. The maximum Gasteiger partial charge on any atom is 0.303 e. The lowest BCUT2D eigenvalue weighted by Crippen LogP contribution is -2.54. The van der Waals surface area contributed by atoms with Crippen molar-refractivity contribution in [2.24, 2.45) is 0 Å². The van der Waals surface area contributed by atoms with Crippen LogP contribution < -0.4 is 10.2 Å². The summed E-state index contributed by atoms with van der Waals surface area (Å²) in [6, 6.07) is 7.97. The first kappa shape index (κ1) is 13.4. The number of nitrogens with zero attached hydrogens (tertiary/aromatic N) is 1. The molecule has 1 aromatic rings. The molecule has 19 heavy (non-hydrogen) atoms. The lowest BCUT2D eigenvalue weighted by molar-refractivity contribution is -0.137. The number of amides is 1. The van der Waals surface area contributed by atoms with Crippen LogP contribution in [0.5, 0.6) is 0 Å². The molecule has 0 aromatic heterocycles. The SMILES string of the molecule is Cc1cccc(N2CC(=O)NCC2CCC(=O)O)c1. The maximum atomic E-state index is 11.5. The molecule has 1 aliphatic heterocycles. The van der Waals surface area contributed by atoms with Crippen LogP contribution in [0.1, 0.15) is 18.4 Å². The zero-order valence-corrected chi connectivity index (χ0v) is 10.9. The van der Waals surface area contributed by atoms with Crippen LogP contribution >= 0.6 is 0 Å². The largest absolute Gasteiger partial charge is 0.481 e. The van der Waals surface area contributed by atoms with Crippen LogP contribution in [0, 0.1) is 6.92 Å². The Kier molecular flexibility index (Phi) is 4.04. The number of carbonyl (C=O) groups is 2. The summed E-state index contributed by atoms with van der Waals surface area (Å²) in [5.41, 5.74) is 2.10. The molecule has 0 spiro atoms. The molecule has 1 aromatic carbocycles. The van der Waals surface area contributed by atoms with E-state index in [1.165, 1.54) is 0 Å². The van der Waals surface area contributed by atoms with Crippen LogP contribution in [-0.4, -0.2) is 36.1 Å². The normalized spacial score (nSPS) is 19.1. The van der Waals surface area contributed by atoms with Crippen LogP contribution in [0.3, 0.4) is 0 Å². The van der Waals surface area contributed by atoms with Crippen LogP contribution in [-0.2, 0) is 9.59 Å². The number of aliphatic carboxylic acids is 1. The topological polar surface area (TPSA) is 69.6 Å². The van der Waals surface area contributed by atoms with Gasteiger partial charge in [0.25, 0.3) is 0 Å². The van der Waals surface area contributed by atoms with E-state index in [9.17, 15) is 9.59 Å². The number of hydrogen-bond donors (Lipinski definition) is 2. The van der Waals surface area contributed by atoms with E-state index < -0.39 is 5.97 Å². The van der Waals surface area contributed by atoms with E-state index in [1.807, 2.05) is 36.1 Å². The highest BCUT2D eigenvalue weighted by atomic mass is 16.4. The summed E-state index contributed by atoms with van der Waals surface area (Å²) in [7, 11) is 0. The van der Waals surface area contributed by atoms with E-state index in [4.69, 9.17) is 5.11 Å². The average Bonchev–Trinajstić information content (AvgIpc) is 2.37. The van der Waals surface area contributed by atoms with Gasteiger partial charge in [0.1, 0.15) is 0 Å². The molecule has 2 rings (SSSR count). The molecule has 1 heterocycles. The number of benzene rings is 1. The molecular formula is C14H18N2O3. The Hall–Kier alpha value is -2.04. The van der Waals surface area contributed by atoms with Gasteiger partial charge in [-0.2, -0.15) is 0 Å². The second-order valence-corrected chi connectivity index (χ2v) is 4.86. The van der Waals surface area contributed by atoms with Gasteiger partial charge in [0.05, 0.1) is 6.54 Å². The van der Waals surface area contributed by atoms with E-state index in [0.717, 1.165) is 11.3 Å². The Morgan fingerprint density at radius 2 is 2.32 bits per heavy atom. The molecule has 0 aliphatic carbocycles. The van der Waals surface area contributed by atoms with Gasteiger partial charge in [0.2, 0.25) is 5.91 Å². The minimum absolute atomic E-state index is 0.0203. The standard InChI is InChI=1S/C14H18N2O3/c1-10-3-2-4-11(7-10)16-9-13(17)15-8-12(16)5-6-14(18)19/h2-4,7,12H,5-6,8-9H2,1H3,(H,15,17)(H,18,19). The maximum absolute atomic E-state index is 11.5. The number of piperazine rings is 1. The monoisotopic (exact) mass is 262 g/mol. The van der Waals surface area contributed by atoms with Crippen molar-refractivity contribution < 1.29 is 14.7 Å². The molecular weight excluding hydrogens is 244 g/mol.